The zero-order valence-electron chi connectivity index (χ0n) is 22.6. The molecule has 1 aliphatic heterocycles. The number of nitrogens with zero attached hydrogens (tertiary/aromatic N) is 2. The highest BCUT2D eigenvalue weighted by Crippen LogP contribution is 2.43. The number of β-lactam (4-membered cyclic amide) rings is 1. The number of carbonyl (C=O) groups excluding carboxylic acids is 3. The minimum Gasteiger partial charge on any atom is -0.478 e. The zero-order chi connectivity index (χ0) is 28.2. The lowest BCUT2D eigenvalue weighted by Crippen LogP contribution is -2.61. The van der Waals surface area contributed by atoms with Crippen molar-refractivity contribution in [2.24, 2.45) is 0 Å². The van der Waals surface area contributed by atoms with Gasteiger partial charge in [-0.25, -0.2) is 0 Å². The molecule has 0 bridgehead atoms. The van der Waals surface area contributed by atoms with Crippen LogP contribution in [0.3, 0.4) is 0 Å². The number of amides is 1. The Morgan fingerprint density at radius 2 is 1.27 bits per heavy atom. The zero-order valence-corrected chi connectivity index (χ0v) is 22.6. The van der Waals surface area contributed by atoms with Crippen LogP contribution in [0.4, 0.5) is 11.4 Å². The summed E-state index contributed by atoms with van der Waals surface area (Å²) in [6.07, 6.45) is -0.801. The highest BCUT2D eigenvalue weighted by Gasteiger charge is 2.51. The van der Waals surface area contributed by atoms with Crippen molar-refractivity contribution in [2.45, 2.75) is 12.1 Å². The molecule has 200 valence electrons. The first kappa shape index (κ1) is 24.8. The van der Waals surface area contributed by atoms with E-state index in [1.54, 1.807) is 41.3 Å². The number of ketones is 2. The molecule has 5 aromatic carbocycles. The Morgan fingerprint density at radius 3 is 1.98 bits per heavy atom. The summed E-state index contributed by atoms with van der Waals surface area (Å²) in [5, 5.41) is 2.10. The van der Waals surface area contributed by atoms with Crippen LogP contribution in [-0.4, -0.2) is 37.7 Å². The lowest BCUT2D eigenvalue weighted by atomic mass is 9.81. The second-order valence-electron chi connectivity index (χ2n) is 10.6. The maximum Gasteiger partial charge on any atom is 0.271 e. The van der Waals surface area contributed by atoms with Gasteiger partial charge in [0, 0.05) is 47.7 Å². The van der Waals surface area contributed by atoms with E-state index in [9.17, 15) is 14.4 Å². The van der Waals surface area contributed by atoms with Crippen LogP contribution in [0.25, 0.3) is 10.8 Å². The largest absolute Gasteiger partial charge is 0.478 e. The molecule has 6 heteroatoms. The smallest absolute Gasteiger partial charge is 0.271 e. The summed E-state index contributed by atoms with van der Waals surface area (Å²) < 4.78 is 6.35. The van der Waals surface area contributed by atoms with Crippen molar-refractivity contribution in [1.29, 1.82) is 0 Å². The molecule has 1 aliphatic carbocycles. The Bertz CT molecular complexity index is 1880. The van der Waals surface area contributed by atoms with Gasteiger partial charge in [0.25, 0.3) is 5.91 Å². The van der Waals surface area contributed by atoms with Crippen LogP contribution in [0.15, 0.2) is 109 Å². The number of ether oxygens (including phenoxy) is 1. The molecule has 0 unspecified atom stereocenters. The lowest BCUT2D eigenvalue weighted by molar-refractivity contribution is -0.135. The van der Waals surface area contributed by atoms with E-state index in [1.807, 2.05) is 91.8 Å². The molecule has 0 radical (unpaired) electrons. The Labute approximate surface area is 237 Å². The highest BCUT2D eigenvalue weighted by molar-refractivity contribution is 6.28. The molecule has 2 aliphatic rings. The number of anilines is 2. The second-order valence-corrected chi connectivity index (χ2v) is 10.6. The number of fused-ring (bicyclic) bond motifs is 3. The van der Waals surface area contributed by atoms with Gasteiger partial charge < -0.3 is 9.64 Å². The average molecular weight is 539 g/mol. The molecule has 6 nitrogen and oxygen atoms in total. The van der Waals surface area contributed by atoms with Crippen molar-refractivity contribution in [3.63, 3.8) is 0 Å². The molecule has 1 amide bonds. The molecular formula is C35H26N2O4. The van der Waals surface area contributed by atoms with Gasteiger partial charge in [0.15, 0.2) is 11.6 Å². The van der Waals surface area contributed by atoms with Gasteiger partial charge in [-0.05, 0) is 64.9 Å². The monoisotopic (exact) mass is 538 g/mol. The number of carbonyl (C=O) groups is 3. The molecule has 0 saturated carbocycles. The predicted molar refractivity (Wildman–Crippen MR) is 159 cm³/mol. The minimum absolute atomic E-state index is 0.175. The highest BCUT2D eigenvalue weighted by atomic mass is 16.5. The summed E-state index contributed by atoms with van der Waals surface area (Å²) in [6, 6.07) is 33.2. The maximum absolute atomic E-state index is 13.7. The summed E-state index contributed by atoms with van der Waals surface area (Å²) in [4.78, 5) is 44.1. The fraction of sp³-hybridized carbons (Fsp3) is 0.114. The van der Waals surface area contributed by atoms with Crippen LogP contribution < -0.4 is 14.5 Å². The van der Waals surface area contributed by atoms with Crippen LogP contribution >= 0.6 is 0 Å². The number of hydrogen-bond donors (Lipinski definition) is 0. The Kier molecular flexibility index (Phi) is 5.71. The fourth-order valence-corrected chi connectivity index (χ4v) is 5.79. The first-order valence-corrected chi connectivity index (χ1v) is 13.5. The average Bonchev–Trinajstić information content (AvgIpc) is 3.01. The van der Waals surface area contributed by atoms with E-state index in [4.69, 9.17) is 4.74 Å². The van der Waals surface area contributed by atoms with E-state index >= 15 is 0 Å². The van der Waals surface area contributed by atoms with Crippen LogP contribution in [0, 0.1) is 0 Å². The Balaban J connectivity index is 1.29. The van der Waals surface area contributed by atoms with Crippen molar-refractivity contribution >= 4 is 39.6 Å². The summed E-state index contributed by atoms with van der Waals surface area (Å²) in [7, 11) is 3.92. The second kappa shape index (κ2) is 9.45. The summed E-state index contributed by atoms with van der Waals surface area (Å²) >= 11 is 0. The van der Waals surface area contributed by atoms with E-state index in [-0.39, 0.29) is 17.5 Å². The topological polar surface area (TPSA) is 66.9 Å². The molecule has 1 saturated heterocycles. The van der Waals surface area contributed by atoms with Crippen LogP contribution in [0.2, 0.25) is 0 Å². The van der Waals surface area contributed by atoms with E-state index in [2.05, 4.69) is 0 Å². The fourth-order valence-electron chi connectivity index (χ4n) is 5.79. The standard InChI is InChI=1S/C35H26N2O4/c1-36(2)24-13-15-25(16-14-24)37-31(34(35(37)40)41-26-17-11-21-7-3-4-8-22(21)19-26)23-12-18-29-30(20-23)33(39)28-10-6-5-9-27(28)32(29)38/h3-20,31,34H,1-2H3/t31-,34+/m1/s1. The van der Waals surface area contributed by atoms with E-state index in [0.717, 1.165) is 27.7 Å². The van der Waals surface area contributed by atoms with Gasteiger partial charge in [-0.15, -0.1) is 0 Å². The van der Waals surface area contributed by atoms with Gasteiger partial charge in [-0.2, -0.15) is 0 Å². The SMILES string of the molecule is CN(C)c1ccc(N2C(=O)[C@@H](Oc3ccc4ccccc4c3)[C@H]2c2ccc3c(c2)C(=O)c2ccccc2C3=O)cc1. The number of hydrogen-bond acceptors (Lipinski definition) is 5. The molecule has 0 aromatic heterocycles. The Hall–Kier alpha value is -5.23. The summed E-state index contributed by atoms with van der Waals surface area (Å²) in [5.41, 5.74) is 4.00. The molecule has 7 rings (SSSR count). The van der Waals surface area contributed by atoms with Gasteiger partial charge in [0.05, 0.1) is 0 Å². The first-order valence-electron chi connectivity index (χ1n) is 13.5. The third-order valence-corrected chi connectivity index (χ3v) is 7.96. The van der Waals surface area contributed by atoms with Crippen LogP contribution in [-0.2, 0) is 4.79 Å². The molecule has 0 spiro atoms. The molecule has 5 aromatic rings. The first-order chi connectivity index (χ1) is 19.9. The molecule has 0 N–H and O–H groups in total. The molecular weight excluding hydrogens is 512 g/mol. The normalized spacial score (nSPS) is 17.6. The quantitative estimate of drug-likeness (QED) is 0.244. The molecule has 1 heterocycles. The van der Waals surface area contributed by atoms with Gasteiger partial charge in [-0.1, -0.05) is 60.7 Å². The lowest BCUT2D eigenvalue weighted by Gasteiger charge is -2.47. The van der Waals surface area contributed by atoms with Crippen molar-refractivity contribution < 1.29 is 19.1 Å². The van der Waals surface area contributed by atoms with Crippen molar-refractivity contribution in [3.05, 3.63) is 137 Å². The number of benzene rings is 5. The van der Waals surface area contributed by atoms with Crippen LogP contribution in [0.1, 0.15) is 43.4 Å². The third-order valence-electron chi connectivity index (χ3n) is 7.96. The molecule has 1 fully saturated rings. The van der Waals surface area contributed by atoms with E-state index in [1.165, 1.54) is 0 Å². The van der Waals surface area contributed by atoms with Crippen molar-refractivity contribution in [1.82, 2.24) is 0 Å². The minimum atomic E-state index is -0.801. The van der Waals surface area contributed by atoms with Crippen molar-refractivity contribution in [2.75, 3.05) is 23.9 Å². The maximum atomic E-state index is 13.7. The van der Waals surface area contributed by atoms with E-state index in [0.29, 0.717) is 28.0 Å². The third kappa shape index (κ3) is 3.99. The van der Waals surface area contributed by atoms with Gasteiger partial charge >= 0.3 is 0 Å². The number of rotatable bonds is 5. The van der Waals surface area contributed by atoms with E-state index < -0.39 is 12.1 Å². The van der Waals surface area contributed by atoms with Crippen molar-refractivity contribution in [3.8, 4) is 5.75 Å². The molecule has 41 heavy (non-hydrogen) atoms. The summed E-state index contributed by atoms with van der Waals surface area (Å²) in [6.45, 7) is 0. The van der Waals surface area contributed by atoms with Gasteiger partial charge in [0.1, 0.15) is 11.8 Å². The van der Waals surface area contributed by atoms with Crippen LogP contribution in [0.5, 0.6) is 5.75 Å². The molecule has 2 atom stereocenters. The summed E-state index contributed by atoms with van der Waals surface area (Å²) in [5.74, 6) is 0.0436. The van der Waals surface area contributed by atoms with Gasteiger partial charge in [-0.3, -0.25) is 19.3 Å². The van der Waals surface area contributed by atoms with Gasteiger partial charge in [0.2, 0.25) is 6.10 Å². The predicted octanol–water partition coefficient (Wildman–Crippen LogP) is 6.22. The Morgan fingerprint density at radius 1 is 0.634 bits per heavy atom.